The van der Waals surface area contributed by atoms with Crippen molar-refractivity contribution in [2.75, 3.05) is 0 Å². The molecule has 0 rings (SSSR count). The Morgan fingerprint density at radius 3 is 1.91 bits per heavy atom. The van der Waals surface area contributed by atoms with Crippen LogP contribution >= 0.6 is 34.8 Å². The van der Waals surface area contributed by atoms with Gasteiger partial charge in [-0.25, -0.2) is 0 Å². The molecule has 0 atom stereocenters. The van der Waals surface area contributed by atoms with Gasteiger partial charge in [0.15, 0.2) is 0 Å². The number of hydrogen-bond donors (Lipinski definition) is 0. The van der Waals surface area contributed by atoms with Gasteiger partial charge in [-0.2, -0.15) is 0 Å². The first-order valence-electron chi connectivity index (χ1n) is 3.27. The minimum atomic E-state index is -1.03. The topological polar surface area (TPSA) is 31.5 Å². The summed E-state index contributed by atoms with van der Waals surface area (Å²) < 4.78 is 0.285. The summed E-state index contributed by atoms with van der Waals surface area (Å²) in [6.45, 7) is 0. The van der Waals surface area contributed by atoms with Gasteiger partial charge in [0, 0.05) is 0 Å². The summed E-state index contributed by atoms with van der Waals surface area (Å²) in [6.07, 6.45) is 4.19. The van der Waals surface area contributed by atoms with Crippen molar-refractivity contribution in [2.45, 2.75) is 33.9 Å². The van der Waals surface area contributed by atoms with Gasteiger partial charge in [-0.15, -0.1) is 0 Å². The van der Waals surface area contributed by atoms with Gasteiger partial charge in [-0.1, -0.05) is 0 Å². The fraction of sp³-hybridized carbons (Fsp3) is 1.00. The summed E-state index contributed by atoms with van der Waals surface area (Å²) in [7, 11) is 0. The second-order valence-corrected chi connectivity index (χ2v) is 6.12. The van der Waals surface area contributed by atoms with Gasteiger partial charge in [0.1, 0.15) is 0 Å². The Hall–Kier alpha value is 1.63. The van der Waals surface area contributed by atoms with Crippen LogP contribution in [-0.2, 0) is 0 Å². The van der Waals surface area contributed by atoms with Gasteiger partial charge in [-0.05, 0) is 0 Å². The number of rotatable bonds is 4. The zero-order valence-corrected chi connectivity index (χ0v) is 11.3. The molecule has 0 unspecified atom stereocenters. The van der Waals surface area contributed by atoms with E-state index in [0.29, 0.717) is 6.42 Å². The zero-order valence-electron chi connectivity index (χ0n) is 6.17. The third-order valence-electron chi connectivity index (χ3n) is 1.14. The average Bonchev–Trinajstić information content (AvgIpc) is 1.78. The summed E-state index contributed by atoms with van der Waals surface area (Å²) in [5.74, 6) is 0. The third-order valence-corrected chi connectivity index (χ3v) is 2.71. The molecule has 0 heterocycles. The van der Waals surface area contributed by atoms with Gasteiger partial charge >= 0.3 is 91.2 Å². The van der Waals surface area contributed by atoms with Crippen LogP contribution in [0, 0.1) is 0 Å². The standard InChI is InChI=1S/C6H10Cl3.H2O.Sn/c1-2-3-4-5-6(7,8)9;;/h1-5H2;1H2;. The molecule has 0 amide bonds. The van der Waals surface area contributed by atoms with Crippen molar-refractivity contribution in [1.82, 2.24) is 0 Å². The summed E-state index contributed by atoms with van der Waals surface area (Å²) in [5, 5.41) is 0. The molecule has 0 bridgehead atoms. The van der Waals surface area contributed by atoms with E-state index in [1.165, 1.54) is 17.3 Å². The van der Waals surface area contributed by atoms with Crippen LogP contribution in [0.5, 0.6) is 0 Å². The van der Waals surface area contributed by atoms with Gasteiger partial charge in [0.25, 0.3) is 0 Å². The third kappa shape index (κ3) is 14.5. The van der Waals surface area contributed by atoms with Gasteiger partial charge in [0.2, 0.25) is 0 Å². The van der Waals surface area contributed by atoms with E-state index >= 15 is 0 Å². The maximum atomic E-state index is 5.55. The van der Waals surface area contributed by atoms with Crippen LogP contribution in [0.3, 0.4) is 0 Å². The maximum absolute atomic E-state index is 5.55. The molecule has 0 saturated heterocycles. The van der Waals surface area contributed by atoms with Crippen molar-refractivity contribution in [3.63, 3.8) is 0 Å². The van der Waals surface area contributed by atoms with E-state index in [4.69, 9.17) is 34.8 Å². The van der Waals surface area contributed by atoms with Crippen molar-refractivity contribution in [3.05, 3.63) is 0 Å². The zero-order chi connectivity index (χ0) is 8.04. The van der Waals surface area contributed by atoms with E-state index < -0.39 is 3.79 Å². The van der Waals surface area contributed by atoms with Crippen molar-refractivity contribution >= 4 is 57.3 Å². The number of halogens is 3. The van der Waals surface area contributed by atoms with E-state index in [1.54, 1.807) is 22.5 Å². The normalized spacial score (nSPS) is 10.9. The number of hydrogen-bond acceptors (Lipinski definition) is 0. The van der Waals surface area contributed by atoms with Crippen LogP contribution in [0.1, 0.15) is 25.7 Å². The van der Waals surface area contributed by atoms with Gasteiger partial charge in [-0.3, -0.25) is 0 Å². The van der Waals surface area contributed by atoms with Crippen LogP contribution in [-0.4, -0.2) is 31.8 Å². The minimum Gasteiger partial charge on any atom is -0.412 e. The van der Waals surface area contributed by atoms with Crippen LogP contribution in [0.25, 0.3) is 0 Å². The second kappa shape index (κ2) is 8.24. The molecule has 5 heteroatoms. The monoisotopic (exact) mass is 325 g/mol. The Balaban J connectivity index is 0. The maximum Gasteiger partial charge on any atom is -0.412 e. The molecule has 0 aromatic carbocycles. The van der Waals surface area contributed by atoms with Crippen molar-refractivity contribution in [3.8, 4) is 0 Å². The van der Waals surface area contributed by atoms with Crippen molar-refractivity contribution < 1.29 is 5.48 Å². The summed E-state index contributed by atoms with van der Waals surface area (Å²) in [5.41, 5.74) is 0. The average molecular weight is 325 g/mol. The smallest absolute Gasteiger partial charge is 0.412 e. The van der Waals surface area contributed by atoms with E-state index in [-0.39, 0.29) is 5.48 Å². The Morgan fingerprint density at radius 2 is 1.55 bits per heavy atom. The Kier molecular flexibility index (Phi) is 11.3. The molecule has 67 valence electrons. The largest absolute Gasteiger partial charge is 0.412 e. The molecule has 2 N–H and O–H groups in total. The molecular formula is C6H12Cl3OSn. The Morgan fingerprint density at radius 1 is 1.00 bits per heavy atom. The summed E-state index contributed by atoms with van der Waals surface area (Å²) >= 11 is 18.2. The van der Waals surface area contributed by atoms with Crippen molar-refractivity contribution in [2.24, 2.45) is 0 Å². The van der Waals surface area contributed by atoms with Crippen molar-refractivity contribution in [1.29, 1.82) is 0 Å². The SMILES string of the molecule is ClC(Cl)(Cl)CCCC[CH2][Sn].O. The molecule has 0 aromatic rings. The fourth-order valence-corrected chi connectivity index (χ4v) is 1.74. The first kappa shape index (κ1) is 15.1. The predicted octanol–water partition coefficient (Wildman–Crippen LogP) is 2.68. The number of unbranched alkanes of at least 4 members (excludes halogenated alkanes) is 2. The van der Waals surface area contributed by atoms with Crippen LogP contribution in [0.2, 0.25) is 4.44 Å². The Bertz CT molecular complexity index is 84.4. The fourth-order valence-electron chi connectivity index (χ4n) is 0.627. The molecule has 0 aliphatic carbocycles. The predicted molar refractivity (Wildman–Crippen MR) is 52.9 cm³/mol. The van der Waals surface area contributed by atoms with Crippen LogP contribution in [0.4, 0.5) is 0 Å². The first-order chi connectivity index (χ1) is 4.56. The van der Waals surface area contributed by atoms with Gasteiger partial charge < -0.3 is 5.48 Å². The van der Waals surface area contributed by atoms with Crippen LogP contribution in [0.15, 0.2) is 0 Å². The van der Waals surface area contributed by atoms with Gasteiger partial charge in [0.05, 0.1) is 0 Å². The molecule has 0 spiro atoms. The summed E-state index contributed by atoms with van der Waals surface area (Å²) in [6, 6.07) is 0. The molecule has 0 saturated carbocycles. The Labute approximate surface area is 96.2 Å². The van der Waals surface area contributed by atoms with E-state index in [2.05, 4.69) is 0 Å². The molecule has 11 heavy (non-hydrogen) atoms. The second-order valence-electron chi connectivity index (χ2n) is 2.18. The molecule has 0 fully saturated rings. The molecule has 0 aliphatic rings. The summed E-state index contributed by atoms with van der Waals surface area (Å²) in [4.78, 5) is 0. The first-order valence-corrected chi connectivity index (χ1v) is 6.43. The molecule has 3 radical (unpaired) electrons. The molecule has 0 aliphatic heterocycles. The quantitative estimate of drug-likeness (QED) is 0.432. The number of alkyl halides is 3. The van der Waals surface area contributed by atoms with E-state index in [1.807, 2.05) is 0 Å². The molecule has 0 aromatic heterocycles. The molecule has 1 nitrogen and oxygen atoms in total. The van der Waals surface area contributed by atoms with E-state index in [0.717, 1.165) is 6.42 Å². The van der Waals surface area contributed by atoms with E-state index in [9.17, 15) is 0 Å². The van der Waals surface area contributed by atoms with Crippen LogP contribution < -0.4 is 0 Å². The minimum absolute atomic E-state index is 0. The molecular weight excluding hydrogens is 313 g/mol.